The maximum absolute atomic E-state index is 14.4. The third-order valence-corrected chi connectivity index (χ3v) is 9.25. The second-order valence-corrected chi connectivity index (χ2v) is 11.1. The lowest BCUT2D eigenvalue weighted by atomic mass is 9.58. The van der Waals surface area contributed by atoms with Gasteiger partial charge in [-0.1, -0.05) is 39.0 Å². The van der Waals surface area contributed by atoms with Crippen LogP contribution in [-0.2, 0) is 23.6 Å². The van der Waals surface area contributed by atoms with Crippen molar-refractivity contribution >= 4 is 19.4 Å². The second-order valence-electron chi connectivity index (χ2n) is 11.1. The Hall–Kier alpha value is -1.70. The lowest BCUT2D eigenvalue weighted by molar-refractivity contribution is -0.201. The minimum atomic E-state index is -1.72. The number of hydrogen-bond acceptors (Lipinski definition) is 6. The smallest absolute Gasteiger partial charge is 0.438 e. The van der Waals surface area contributed by atoms with Crippen LogP contribution in [0.1, 0.15) is 48.0 Å². The first-order valence-corrected chi connectivity index (χ1v) is 11.7. The topological polar surface area (TPSA) is 82.1 Å². The van der Waals surface area contributed by atoms with Gasteiger partial charge in [-0.3, -0.25) is 4.79 Å². The van der Waals surface area contributed by atoms with Crippen molar-refractivity contribution in [2.45, 2.75) is 65.8 Å². The highest BCUT2D eigenvalue weighted by Crippen LogP contribution is 2.72. The maximum atomic E-state index is 14.4. The Balaban J connectivity index is 1.70. The van der Waals surface area contributed by atoms with Crippen LogP contribution in [0, 0.1) is 34.5 Å². The number of allylic oxidation sites excluding steroid dienone is 2. The number of carbonyl (C=O) groups is 2. The van der Waals surface area contributed by atoms with Gasteiger partial charge >= 0.3 is 13.7 Å². The molecular formula is C25H33BO6. The van der Waals surface area contributed by atoms with Gasteiger partial charge in [0.25, 0.3) is 0 Å². The minimum Gasteiger partial charge on any atom is -0.451 e. The summed E-state index contributed by atoms with van der Waals surface area (Å²) in [6, 6.07) is 0. The number of ether oxygens (including phenoxy) is 1. The van der Waals surface area contributed by atoms with Crippen LogP contribution in [0.3, 0.4) is 0 Å². The van der Waals surface area contributed by atoms with Gasteiger partial charge in [0.05, 0.1) is 12.0 Å². The van der Waals surface area contributed by atoms with Crippen LogP contribution in [0.4, 0.5) is 0 Å². The van der Waals surface area contributed by atoms with Crippen LogP contribution in [0.25, 0.3) is 0 Å². The molecule has 8 atom stereocenters. The fourth-order valence-electron chi connectivity index (χ4n) is 7.39. The zero-order valence-electron chi connectivity index (χ0n) is 19.8. The predicted molar refractivity (Wildman–Crippen MR) is 120 cm³/mol. The van der Waals surface area contributed by atoms with Crippen molar-refractivity contribution in [2.75, 3.05) is 6.61 Å². The first kappa shape index (κ1) is 22.1. The van der Waals surface area contributed by atoms with Crippen molar-refractivity contribution < 1.29 is 28.7 Å². The monoisotopic (exact) mass is 440 g/mol. The van der Waals surface area contributed by atoms with E-state index in [0.29, 0.717) is 23.7 Å². The fraction of sp³-hybridized carbons (Fsp3) is 0.680. The van der Waals surface area contributed by atoms with Gasteiger partial charge in [0.1, 0.15) is 11.7 Å². The zero-order valence-corrected chi connectivity index (χ0v) is 19.8. The van der Waals surface area contributed by atoms with E-state index in [1.165, 1.54) is 0 Å². The highest BCUT2D eigenvalue weighted by Gasteiger charge is 2.76. The van der Waals surface area contributed by atoms with Gasteiger partial charge in [0.15, 0.2) is 11.9 Å². The first-order valence-electron chi connectivity index (χ1n) is 11.7. The Morgan fingerprint density at radius 3 is 2.78 bits per heavy atom. The van der Waals surface area contributed by atoms with Gasteiger partial charge in [-0.05, 0) is 61.5 Å². The number of hydrogen-bond donors (Lipinski definition) is 1. The van der Waals surface area contributed by atoms with E-state index in [-0.39, 0.29) is 36.6 Å². The van der Waals surface area contributed by atoms with E-state index in [9.17, 15) is 14.7 Å². The van der Waals surface area contributed by atoms with Gasteiger partial charge < -0.3 is 19.2 Å². The highest BCUT2D eigenvalue weighted by molar-refractivity contribution is 6.18. The van der Waals surface area contributed by atoms with Crippen LogP contribution in [0.15, 0.2) is 34.9 Å². The molecule has 5 rings (SSSR count). The largest absolute Gasteiger partial charge is 0.451 e. The van der Waals surface area contributed by atoms with E-state index in [1.807, 2.05) is 19.1 Å². The minimum absolute atomic E-state index is 0.0247. The van der Waals surface area contributed by atoms with Gasteiger partial charge in [-0.2, -0.15) is 0 Å². The normalized spacial score (nSPS) is 46.3. The van der Waals surface area contributed by atoms with Gasteiger partial charge in [-0.25, -0.2) is 4.79 Å². The number of fused-ring (bicyclic) bond motifs is 5. The summed E-state index contributed by atoms with van der Waals surface area (Å²) in [7, 11) is 0.0266. The number of Topliss-reactive ketones (excluding diaryl/α,β-unsaturated/α-hetero) is 1. The van der Waals surface area contributed by atoms with E-state index < -0.39 is 29.2 Å². The van der Waals surface area contributed by atoms with Gasteiger partial charge in [0, 0.05) is 11.5 Å². The number of esters is 1. The van der Waals surface area contributed by atoms with Crippen LogP contribution < -0.4 is 0 Å². The third-order valence-electron chi connectivity index (χ3n) is 9.25. The molecule has 1 unspecified atom stereocenters. The summed E-state index contributed by atoms with van der Waals surface area (Å²) in [5.74, 6) is -0.264. The molecule has 0 radical (unpaired) electrons. The van der Waals surface area contributed by atoms with E-state index in [1.54, 1.807) is 19.9 Å². The number of ketones is 1. The number of aliphatic hydroxyl groups is 1. The molecule has 0 aromatic carbocycles. The number of rotatable bonds is 2. The van der Waals surface area contributed by atoms with E-state index in [2.05, 4.69) is 20.8 Å². The Morgan fingerprint density at radius 2 is 2.09 bits per heavy atom. The summed E-state index contributed by atoms with van der Waals surface area (Å²) in [6.07, 6.45) is 4.70. The zero-order chi connectivity index (χ0) is 23.2. The van der Waals surface area contributed by atoms with Crippen molar-refractivity contribution in [1.82, 2.24) is 0 Å². The molecule has 4 aliphatic carbocycles. The lowest BCUT2D eigenvalue weighted by Gasteiger charge is -2.50. The summed E-state index contributed by atoms with van der Waals surface area (Å²) in [5.41, 5.74) is -0.881. The average molecular weight is 440 g/mol. The summed E-state index contributed by atoms with van der Waals surface area (Å²) >= 11 is 0. The first-order chi connectivity index (χ1) is 15.0. The Bertz CT molecular complexity index is 979. The Kier molecular flexibility index (Phi) is 4.77. The maximum Gasteiger partial charge on any atom is 0.438 e. The predicted octanol–water partition coefficient (Wildman–Crippen LogP) is 2.66. The van der Waals surface area contributed by atoms with Gasteiger partial charge in [-0.15, -0.1) is 0 Å². The molecule has 7 heteroatoms. The molecule has 2 saturated carbocycles. The molecule has 0 amide bonds. The van der Waals surface area contributed by atoms with Crippen LogP contribution in [0.5, 0.6) is 0 Å². The van der Waals surface area contributed by atoms with Crippen molar-refractivity contribution in [3.05, 3.63) is 34.9 Å². The summed E-state index contributed by atoms with van der Waals surface area (Å²) in [5, 5.41) is 12.6. The average Bonchev–Trinajstić information content (AvgIpc) is 3.25. The summed E-state index contributed by atoms with van der Waals surface area (Å²) in [4.78, 5) is 27.2. The molecule has 1 aliphatic heterocycles. The SMILES string of the molecule is C/C=C(/C)C(=O)O[C@H]1C(C)=C[C@@]23C(=O)[C@@H](C=C4COBO[C@H]4[C@]12O)[C@H]1[C@@H](CC3C)C1(C)C. The fourth-order valence-corrected chi connectivity index (χ4v) is 7.39. The van der Waals surface area contributed by atoms with Crippen molar-refractivity contribution in [3.63, 3.8) is 0 Å². The summed E-state index contributed by atoms with van der Waals surface area (Å²) < 4.78 is 17.5. The second kappa shape index (κ2) is 6.91. The molecule has 1 heterocycles. The molecule has 6 nitrogen and oxygen atoms in total. The molecule has 0 aromatic heterocycles. The molecule has 172 valence electrons. The van der Waals surface area contributed by atoms with Crippen LogP contribution >= 0.6 is 0 Å². The molecule has 1 N–H and O–H groups in total. The van der Waals surface area contributed by atoms with E-state index in [0.717, 1.165) is 12.0 Å². The quantitative estimate of drug-likeness (QED) is 0.308. The van der Waals surface area contributed by atoms with Crippen molar-refractivity contribution in [1.29, 1.82) is 0 Å². The highest BCUT2D eigenvalue weighted by atomic mass is 16.6. The standard InChI is InChI=1S/C25H33BO6/c1-7-12(2)22(28)31-20-13(3)10-24-14(4)8-17-18(23(17,5)6)16(19(24)27)9-15-11-30-26-32-21(15)25(20,24)29/h7,9-10,14,16-18,20-21,26,29H,8,11H2,1-6H3/b12-7-/t14?,16-,17+,18-,20-,21+,24+,25+/m0/s1. The molecule has 3 fully saturated rings. The molecule has 1 saturated heterocycles. The lowest BCUT2D eigenvalue weighted by Crippen LogP contribution is -2.67. The van der Waals surface area contributed by atoms with Gasteiger partial charge in [0.2, 0.25) is 0 Å². The van der Waals surface area contributed by atoms with Crippen LogP contribution in [-0.4, -0.2) is 49.0 Å². The molecule has 0 aromatic rings. The van der Waals surface area contributed by atoms with Crippen LogP contribution in [0.2, 0.25) is 0 Å². The number of carbonyl (C=O) groups excluding carboxylic acids is 2. The van der Waals surface area contributed by atoms with Crippen molar-refractivity contribution in [3.8, 4) is 0 Å². The molecule has 32 heavy (non-hydrogen) atoms. The molecule has 5 aliphatic rings. The summed E-state index contributed by atoms with van der Waals surface area (Å²) in [6.45, 7) is 12.1. The van der Waals surface area contributed by atoms with E-state index >= 15 is 0 Å². The third kappa shape index (κ3) is 2.53. The molecule has 1 spiro atoms. The van der Waals surface area contributed by atoms with Crippen molar-refractivity contribution in [2.24, 2.45) is 34.5 Å². The molecular weight excluding hydrogens is 407 g/mol. The Labute approximate surface area is 190 Å². The van der Waals surface area contributed by atoms with E-state index in [4.69, 9.17) is 14.0 Å². The molecule has 2 bridgehead atoms. The Morgan fingerprint density at radius 1 is 1.38 bits per heavy atom.